The normalized spacial score (nSPS) is 21.4. The number of carbonyl (C=O) groups excluding carboxylic acids is 1. The molecule has 3 rings (SSSR count). The molecule has 1 atom stereocenters. The molecule has 0 radical (unpaired) electrons. The summed E-state index contributed by atoms with van der Waals surface area (Å²) in [5.41, 5.74) is 2.70. The maximum absolute atomic E-state index is 11.6. The minimum Gasteiger partial charge on any atom is -0.369 e. The number of benzene rings is 1. The fourth-order valence-electron chi connectivity index (χ4n) is 3.29. The van der Waals surface area contributed by atoms with Crippen molar-refractivity contribution in [2.24, 2.45) is 0 Å². The summed E-state index contributed by atoms with van der Waals surface area (Å²) in [5, 5.41) is 6.42. The summed E-state index contributed by atoms with van der Waals surface area (Å²) in [4.78, 5) is 15.9. The number of carbonyl (C=O) groups is 1. The minimum atomic E-state index is 0.0748. The first-order chi connectivity index (χ1) is 10.3. The summed E-state index contributed by atoms with van der Waals surface area (Å²) < 4.78 is 0. The molecule has 0 aliphatic carbocycles. The van der Waals surface area contributed by atoms with Crippen molar-refractivity contribution in [1.82, 2.24) is 15.5 Å². The van der Waals surface area contributed by atoms with Gasteiger partial charge in [0.15, 0.2) is 0 Å². The van der Waals surface area contributed by atoms with Gasteiger partial charge in [0.25, 0.3) is 0 Å². The van der Waals surface area contributed by atoms with Gasteiger partial charge in [-0.25, -0.2) is 4.79 Å². The quantitative estimate of drug-likeness (QED) is 0.864. The van der Waals surface area contributed by atoms with Crippen LogP contribution >= 0.6 is 0 Å². The zero-order chi connectivity index (χ0) is 14.7. The fourth-order valence-corrected chi connectivity index (χ4v) is 3.29. The van der Waals surface area contributed by atoms with Gasteiger partial charge < -0.3 is 20.4 Å². The van der Waals surface area contributed by atoms with E-state index in [-0.39, 0.29) is 6.03 Å². The Labute approximate surface area is 126 Å². The number of anilines is 1. The topological polar surface area (TPSA) is 47.6 Å². The molecule has 1 unspecified atom stereocenters. The van der Waals surface area contributed by atoms with Crippen LogP contribution in [0.1, 0.15) is 24.9 Å². The van der Waals surface area contributed by atoms with Crippen molar-refractivity contribution < 1.29 is 4.79 Å². The fraction of sp³-hybridized carbons (Fsp3) is 0.562. The Balaban J connectivity index is 1.69. The molecule has 0 aromatic heterocycles. The lowest BCUT2D eigenvalue weighted by atomic mass is 9.96. The van der Waals surface area contributed by atoms with Crippen LogP contribution < -0.4 is 15.5 Å². The summed E-state index contributed by atoms with van der Waals surface area (Å²) in [7, 11) is 0. The van der Waals surface area contributed by atoms with E-state index in [0.29, 0.717) is 6.04 Å². The van der Waals surface area contributed by atoms with E-state index >= 15 is 0 Å². The molecule has 0 saturated carbocycles. The molecule has 1 aromatic carbocycles. The van der Waals surface area contributed by atoms with Gasteiger partial charge in [-0.2, -0.15) is 0 Å². The van der Waals surface area contributed by atoms with Crippen LogP contribution in [0.3, 0.4) is 0 Å². The van der Waals surface area contributed by atoms with Gasteiger partial charge in [0.1, 0.15) is 0 Å². The molecule has 2 aliphatic heterocycles. The summed E-state index contributed by atoms with van der Waals surface area (Å²) in [6.07, 6.45) is 1.12. The highest BCUT2D eigenvalue weighted by atomic mass is 16.2. The smallest absolute Gasteiger partial charge is 0.317 e. The molecular weight excluding hydrogens is 264 g/mol. The molecule has 1 aromatic rings. The number of hydrogen-bond acceptors (Lipinski definition) is 3. The van der Waals surface area contributed by atoms with Gasteiger partial charge in [-0.1, -0.05) is 25.1 Å². The lowest BCUT2D eigenvalue weighted by Crippen LogP contribution is -2.41. The molecule has 5 heteroatoms. The van der Waals surface area contributed by atoms with Gasteiger partial charge in [-0.3, -0.25) is 0 Å². The third kappa shape index (κ3) is 2.97. The Kier molecular flexibility index (Phi) is 4.29. The Morgan fingerprint density at radius 1 is 1.24 bits per heavy atom. The van der Waals surface area contributed by atoms with Gasteiger partial charge in [0, 0.05) is 44.5 Å². The first kappa shape index (κ1) is 14.2. The number of amides is 2. The Bertz CT molecular complexity index is 505. The van der Waals surface area contributed by atoms with E-state index < -0.39 is 0 Å². The molecule has 2 aliphatic rings. The third-order valence-electron chi connectivity index (χ3n) is 4.38. The van der Waals surface area contributed by atoms with Crippen molar-refractivity contribution in [3.05, 3.63) is 29.8 Å². The van der Waals surface area contributed by atoms with Gasteiger partial charge in [0.05, 0.1) is 0 Å². The number of hydrogen-bond donors (Lipinski definition) is 2. The van der Waals surface area contributed by atoms with Crippen LogP contribution in [0.25, 0.3) is 0 Å². The van der Waals surface area contributed by atoms with Crippen LogP contribution in [-0.2, 0) is 0 Å². The molecule has 2 N–H and O–H groups in total. The molecule has 2 heterocycles. The SMILES string of the molecule is CCNC1CCN(CCN2CCNC2=O)c2ccccc21. The average Bonchev–Trinajstić information content (AvgIpc) is 2.92. The molecule has 0 spiro atoms. The van der Waals surface area contributed by atoms with Crippen LogP contribution in [0.15, 0.2) is 24.3 Å². The standard InChI is InChI=1S/C16H24N4O/c1-2-17-14-7-9-19(15-6-4-3-5-13(14)15)11-12-20-10-8-18-16(20)21/h3-6,14,17H,2,7-12H2,1H3,(H,18,21). The number of urea groups is 1. The van der Waals surface area contributed by atoms with Gasteiger partial charge in [0.2, 0.25) is 0 Å². The predicted molar refractivity (Wildman–Crippen MR) is 84.7 cm³/mol. The highest BCUT2D eigenvalue weighted by molar-refractivity contribution is 5.76. The van der Waals surface area contributed by atoms with Crippen molar-refractivity contribution in [3.8, 4) is 0 Å². The van der Waals surface area contributed by atoms with E-state index in [9.17, 15) is 4.79 Å². The molecule has 0 bridgehead atoms. The Morgan fingerprint density at radius 2 is 2.05 bits per heavy atom. The number of rotatable bonds is 5. The molecule has 5 nitrogen and oxygen atoms in total. The highest BCUT2D eigenvalue weighted by Gasteiger charge is 2.25. The van der Waals surface area contributed by atoms with E-state index in [2.05, 4.69) is 46.7 Å². The molecule has 1 fully saturated rings. The van der Waals surface area contributed by atoms with Crippen LogP contribution in [0.2, 0.25) is 0 Å². The summed E-state index contributed by atoms with van der Waals surface area (Å²) >= 11 is 0. The lowest BCUT2D eigenvalue weighted by Gasteiger charge is -2.36. The van der Waals surface area contributed by atoms with Gasteiger partial charge >= 0.3 is 6.03 Å². The number of nitrogens with zero attached hydrogens (tertiary/aromatic N) is 2. The summed E-state index contributed by atoms with van der Waals surface area (Å²) in [6, 6.07) is 9.16. The number of para-hydroxylation sites is 1. The molecule has 21 heavy (non-hydrogen) atoms. The average molecular weight is 288 g/mol. The third-order valence-corrected chi connectivity index (χ3v) is 4.38. The van der Waals surface area contributed by atoms with Gasteiger partial charge in [-0.05, 0) is 24.6 Å². The zero-order valence-corrected chi connectivity index (χ0v) is 12.6. The van der Waals surface area contributed by atoms with Crippen LogP contribution in [-0.4, -0.2) is 50.2 Å². The number of nitrogens with one attached hydrogen (secondary N) is 2. The first-order valence-corrected chi connectivity index (χ1v) is 7.89. The Morgan fingerprint density at radius 3 is 2.81 bits per heavy atom. The largest absolute Gasteiger partial charge is 0.369 e. The monoisotopic (exact) mass is 288 g/mol. The van der Waals surface area contributed by atoms with Crippen molar-refractivity contribution in [3.63, 3.8) is 0 Å². The first-order valence-electron chi connectivity index (χ1n) is 7.89. The molecule has 114 valence electrons. The van der Waals surface area contributed by atoms with E-state index in [1.165, 1.54) is 11.3 Å². The van der Waals surface area contributed by atoms with Crippen molar-refractivity contribution in [2.75, 3.05) is 44.2 Å². The molecule has 1 saturated heterocycles. The van der Waals surface area contributed by atoms with E-state index in [1.807, 2.05) is 4.90 Å². The molecular formula is C16H24N4O. The minimum absolute atomic E-state index is 0.0748. The van der Waals surface area contributed by atoms with Crippen molar-refractivity contribution >= 4 is 11.7 Å². The van der Waals surface area contributed by atoms with Crippen LogP contribution in [0.4, 0.5) is 10.5 Å². The van der Waals surface area contributed by atoms with Crippen molar-refractivity contribution in [1.29, 1.82) is 0 Å². The van der Waals surface area contributed by atoms with Crippen LogP contribution in [0.5, 0.6) is 0 Å². The van der Waals surface area contributed by atoms with Crippen LogP contribution in [0, 0.1) is 0 Å². The predicted octanol–water partition coefficient (Wildman–Crippen LogP) is 1.57. The van der Waals surface area contributed by atoms with E-state index in [4.69, 9.17) is 0 Å². The second kappa shape index (κ2) is 6.35. The maximum atomic E-state index is 11.6. The number of fused-ring (bicyclic) bond motifs is 1. The van der Waals surface area contributed by atoms with Gasteiger partial charge in [-0.15, -0.1) is 0 Å². The second-order valence-corrected chi connectivity index (χ2v) is 5.66. The zero-order valence-electron chi connectivity index (χ0n) is 12.6. The highest BCUT2D eigenvalue weighted by Crippen LogP contribution is 2.33. The second-order valence-electron chi connectivity index (χ2n) is 5.66. The summed E-state index contributed by atoms with van der Waals surface area (Å²) in [6.45, 7) is 7.50. The Hall–Kier alpha value is -1.75. The maximum Gasteiger partial charge on any atom is 0.317 e. The van der Waals surface area contributed by atoms with E-state index in [0.717, 1.165) is 45.7 Å². The summed E-state index contributed by atoms with van der Waals surface area (Å²) in [5.74, 6) is 0. The molecule has 2 amide bonds. The lowest BCUT2D eigenvalue weighted by molar-refractivity contribution is 0.218. The van der Waals surface area contributed by atoms with Crippen molar-refractivity contribution in [2.45, 2.75) is 19.4 Å². The van der Waals surface area contributed by atoms with E-state index in [1.54, 1.807) is 0 Å².